The Morgan fingerprint density at radius 3 is 2.92 bits per heavy atom. The Bertz CT molecular complexity index is 452. The van der Waals surface area contributed by atoms with Crippen molar-refractivity contribution in [3.63, 3.8) is 0 Å². The highest BCUT2D eigenvalue weighted by Crippen LogP contribution is 2.16. The molecule has 13 heavy (non-hydrogen) atoms. The number of hydrogen-bond donors (Lipinski definition) is 0. The second-order valence-corrected chi connectivity index (χ2v) is 3.65. The standard InChI is InChI=1S/C8H7BrClN3/c1-13-7(4-9)11-5-2-3-6(10)12-8(5)13/h2-3H,4H2,1H3. The van der Waals surface area contributed by atoms with Crippen molar-refractivity contribution in [2.45, 2.75) is 5.33 Å². The molecule has 0 saturated carbocycles. The zero-order chi connectivity index (χ0) is 9.42. The van der Waals surface area contributed by atoms with E-state index in [1.807, 2.05) is 17.7 Å². The van der Waals surface area contributed by atoms with Gasteiger partial charge >= 0.3 is 0 Å². The van der Waals surface area contributed by atoms with E-state index in [1.54, 1.807) is 6.07 Å². The van der Waals surface area contributed by atoms with E-state index in [0.717, 1.165) is 22.3 Å². The number of aromatic nitrogens is 3. The van der Waals surface area contributed by atoms with Crippen molar-refractivity contribution in [3.8, 4) is 0 Å². The van der Waals surface area contributed by atoms with Gasteiger partial charge in [0.2, 0.25) is 0 Å². The van der Waals surface area contributed by atoms with Gasteiger partial charge in [-0.2, -0.15) is 0 Å². The summed E-state index contributed by atoms with van der Waals surface area (Å²) >= 11 is 9.14. The second kappa shape index (κ2) is 3.27. The van der Waals surface area contributed by atoms with Crippen LogP contribution in [0.4, 0.5) is 0 Å². The molecule has 2 aromatic heterocycles. The van der Waals surface area contributed by atoms with Crippen LogP contribution in [-0.4, -0.2) is 14.5 Å². The molecule has 2 rings (SSSR count). The van der Waals surface area contributed by atoms with Crippen LogP contribution in [0.5, 0.6) is 0 Å². The van der Waals surface area contributed by atoms with Gasteiger partial charge in [-0.3, -0.25) is 0 Å². The highest BCUT2D eigenvalue weighted by Gasteiger charge is 2.07. The smallest absolute Gasteiger partial charge is 0.161 e. The predicted molar refractivity (Wildman–Crippen MR) is 56.2 cm³/mol. The second-order valence-electron chi connectivity index (χ2n) is 2.70. The number of pyridine rings is 1. The van der Waals surface area contributed by atoms with Crippen LogP contribution >= 0.6 is 27.5 Å². The van der Waals surface area contributed by atoms with Crippen LogP contribution in [0, 0.1) is 0 Å². The highest BCUT2D eigenvalue weighted by atomic mass is 79.9. The number of fused-ring (bicyclic) bond motifs is 1. The van der Waals surface area contributed by atoms with Crippen LogP contribution < -0.4 is 0 Å². The summed E-state index contributed by atoms with van der Waals surface area (Å²) in [5.41, 5.74) is 1.70. The summed E-state index contributed by atoms with van der Waals surface area (Å²) in [5.74, 6) is 0.949. The molecule has 0 aromatic carbocycles. The fourth-order valence-corrected chi connectivity index (χ4v) is 1.85. The van der Waals surface area contributed by atoms with E-state index >= 15 is 0 Å². The van der Waals surface area contributed by atoms with E-state index in [4.69, 9.17) is 11.6 Å². The number of rotatable bonds is 1. The van der Waals surface area contributed by atoms with E-state index in [9.17, 15) is 0 Å². The topological polar surface area (TPSA) is 30.7 Å². The van der Waals surface area contributed by atoms with Crippen molar-refractivity contribution in [2.24, 2.45) is 7.05 Å². The molecule has 0 aliphatic carbocycles. The number of aryl methyl sites for hydroxylation is 1. The summed E-state index contributed by atoms with van der Waals surface area (Å²) in [4.78, 5) is 8.56. The lowest BCUT2D eigenvalue weighted by molar-refractivity contribution is 0.868. The van der Waals surface area contributed by atoms with Gasteiger partial charge in [-0.1, -0.05) is 27.5 Å². The van der Waals surface area contributed by atoms with Crippen molar-refractivity contribution in [2.75, 3.05) is 0 Å². The van der Waals surface area contributed by atoms with E-state index in [-0.39, 0.29) is 0 Å². The molecule has 0 aliphatic heterocycles. The normalized spacial score (nSPS) is 11.0. The summed E-state index contributed by atoms with van der Waals surface area (Å²) in [6.07, 6.45) is 0. The van der Waals surface area contributed by atoms with E-state index in [0.29, 0.717) is 5.15 Å². The third kappa shape index (κ3) is 1.44. The largest absolute Gasteiger partial charge is 0.315 e. The molecule has 0 amide bonds. The van der Waals surface area contributed by atoms with Crippen molar-refractivity contribution >= 4 is 38.7 Å². The molecular weight excluding hydrogens is 253 g/mol. The highest BCUT2D eigenvalue weighted by molar-refractivity contribution is 9.08. The number of alkyl halides is 1. The maximum absolute atomic E-state index is 5.78. The summed E-state index contributed by atoms with van der Waals surface area (Å²) in [6.45, 7) is 0. The van der Waals surface area contributed by atoms with Gasteiger partial charge < -0.3 is 4.57 Å². The number of hydrogen-bond acceptors (Lipinski definition) is 2. The molecule has 0 fully saturated rings. The molecule has 5 heteroatoms. The predicted octanol–water partition coefficient (Wildman–Crippen LogP) is 2.52. The van der Waals surface area contributed by atoms with Gasteiger partial charge in [0.25, 0.3) is 0 Å². The SMILES string of the molecule is Cn1c(CBr)nc2ccc(Cl)nc21. The Morgan fingerprint density at radius 1 is 1.46 bits per heavy atom. The molecule has 3 nitrogen and oxygen atoms in total. The Morgan fingerprint density at radius 2 is 2.23 bits per heavy atom. The fourth-order valence-electron chi connectivity index (χ4n) is 1.21. The summed E-state index contributed by atoms with van der Waals surface area (Å²) in [7, 11) is 1.93. The zero-order valence-electron chi connectivity index (χ0n) is 6.96. The zero-order valence-corrected chi connectivity index (χ0v) is 9.30. The van der Waals surface area contributed by atoms with Crippen molar-refractivity contribution in [1.82, 2.24) is 14.5 Å². The average Bonchev–Trinajstić information content (AvgIpc) is 2.44. The molecule has 2 aromatic rings. The van der Waals surface area contributed by atoms with Crippen LogP contribution in [0.2, 0.25) is 5.15 Å². The van der Waals surface area contributed by atoms with E-state index in [2.05, 4.69) is 25.9 Å². The molecule has 0 saturated heterocycles. The average molecular weight is 261 g/mol. The van der Waals surface area contributed by atoms with E-state index in [1.165, 1.54) is 0 Å². The molecule has 0 N–H and O–H groups in total. The number of nitrogens with zero attached hydrogens (tertiary/aromatic N) is 3. The molecular formula is C8H7BrClN3. The van der Waals surface area contributed by atoms with Crippen LogP contribution in [0.25, 0.3) is 11.2 Å². The molecule has 0 spiro atoms. The van der Waals surface area contributed by atoms with Crippen LogP contribution in [0.1, 0.15) is 5.82 Å². The molecule has 0 aliphatic rings. The van der Waals surface area contributed by atoms with Crippen molar-refractivity contribution < 1.29 is 0 Å². The lowest BCUT2D eigenvalue weighted by atomic mass is 10.4. The number of halogens is 2. The Kier molecular flexibility index (Phi) is 2.26. The van der Waals surface area contributed by atoms with Crippen molar-refractivity contribution in [1.29, 1.82) is 0 Å². The molecule has 2 heterocycles. The molecule has 68 valence electrons. The summed E-state index contributed by atoms with van der Waals surface area (Å²) < 4.78 is 1.93. The lowest BCUT2D eigenvalue weighted by Crippen LogP contribution is -1.94. The minimum Gasteiger partial charge on any atom is -0.315 e. The minimum absolute atomic E-state index is 0.497. The third-order valence-electron chi connectivity index (χ3n) is 1.89. The van der Waals surface area contributed by atoms with Gasteiger partial charge in [-0.25, -0.2) is 9.97 Å². The van der Waals surface area contributed by atoms with Gasteiger partial charge in [-0.05, 0) is 12.1 Å². The summed E-state index contributed by atoms with van der Waals surface area (Å²) in [6, 6.07) is 3.62. The van der Waals surface area contributed by atoms with E-state index < -0.39 is 0 Å². The third-order valence-corrected chi connectivity index (χ3v) is 2.61. The minimum atomic E-state index is 0.497. The van der Waals surface area contributed by atoms with Crippen LogP contribution in [0.15, 0.2) is 12.1 Å². The quantitative estimate of drug-likeness (QED) is 0.583. The molecule has 0 atom stereocenters. The first kappa shape index (κ1) is 8.97. The summed E-state index contributed by atoms with van der Waals surface area (Å²) in [5, 5.41) is 1.22. The first-order valence-electron chi connectivity index (χ1n) is 3.76. The maximum Gasteiger partial charge on any atom is 0.161 e. The van der Waals surface area contributed by atoms with Gasteiger partial charge in [-0.15, -0.1) is 0 Å². The fraction of sp³-hybridized carbons (Fsp3) is 0.250. The maximum atomic E-state index is 5.78. The van der Waals surface area contributed by atoms with Gasteiger partial charge in [0.05, 0.1) is 5.33 Å². The molecule has 0 bridgehead atoms. The van der Waals surface area contributed by atoms with Gasteiger partial charge in [0.15, 0.2) is 5.65 Å². The number of imidazole rings is 1. The Hall–Kier alpha value is -0.610. The van der Waals surface area contributed by atoms with Gasteiger partial charge in [0.1, 0.15) is 16.5 Å². The Balaban J connectivity index is 2.77. The first-order chi connectivity index (χ1) is 6.22. The lowest BCUT2D eigenvalue weighted by Gasteiger charge is -1.96. The first-order valence-corrected chi connectivity index (χ1v) is 5.26. The molecule has 0 unspecified atom stereocenters. The molecule has 0 radical (unpaired) electrons. The van der Waals surface area contributed by atoms with Crippen LogP contribution in [-0.2, 0) is 12.4 Å². The van der Waals surface area contributed by atoms with Gasteiger partial charge in [0, 0.05) is 7.05 Å². The monoisotopic (exact) mass is 259 g/mol. The van der Waals surface area contributed by atoms with Crippen molar-refractivity contribution in [3.05, 3.63) is 23.1 Å². The Labute approximate surface area is 88.9 Å². The van der Waals surface area contributed by atoms with Crippen LogP contribution in [0.3, 0.4) is 0 Å².